The minimum absolute atomic E-state index is 0.0380. The third kappa shape index (κ3) is 3.66. The van der Waals surface area contributed by atoms with Gasteiger partial charge in [0.25, 0.3) is 0 Å². The van der Waals surface area contributed by atoms with Crippen LogP contribution in [0.1, 0.15) is 11.1 Å². The third-order valence-electron chi connectivity index (χ3n) is 5.64. The van der Waals surface area contributed by atoms with Gasteiger partial charge in [0, 0.05) is 35.9 Å². The fourth-order valence-corrected chi connectivity index (χ4v) is 5.92. The Morgan fingerprint density at radius 3 is 1.40 bits per heavy atom. The van der Waals surface area contributed by atoms with Crippen molar-refractivity contribution >= 4 is 19.6 Å². The van der Waals surface area contributed by atoms with Gasteiger partial charge in [0.05, 0.1) is 22.8 Å². The standard InChI is InChI=1S/C26H18N4O4S/c31-35(32)25(17-7-9-21(29-15-17)19-5-1-3-11-27-19)23-24(34-14-13-33-23)26(35)18-8-10-22(30-16-18)20-6-2-4-12-28-20/h1-12,15-16H,13-14H2. The van der Waals surface area contributed by atoms with Crippen LogP contribution < -0.4 is 0 Å². The Hall–Kier alpha value is -4.37. The van der Waals surface area contributed by atoms with E-state index in [1.54, 1.807) is 36.7 Å². The lowest BCUT2D eigenvalue weighted by atomic mass is 10.1. The first-order chi connectivity index (χ1) is 17.1. The van der Waals surface area contributed by atoms with Crippen molar-refractivity contribution in [3.05, 3.63) is 108 Å². The first kappa shape index (κ1) is 21.2. The molecule has 9 heteroatoms. The van der Waals surface area contributed by atoms with Crippen LogP contribution in [0.15, 0.2) is 97.0 Å². The maximum atomic E-state index is 13.8. The summed E-state index contributed by atoms with van der Waals surface area (Å²) in [5.74, 6) is 0.403. The molecule has 0 spiro atoms. The third-order valence-corrected chi connectivity index (χ3v) is 7.56. The topological polar surface area (TPSA) is 104 Å². The molecular formula is C26H18N4O4S. The molecule has 0 N–H and O–H groups in total. The summed E-state index contributed by atoms with van der Waals surface area (Å²) in [4.78, 5) is 17.6. The van der Waals surface area contributed by atoms with Crippen LogP contribution in [0.5, 0.6) is 0 Å². The summed E-state index contributed by atoms with van der Waals surface area (Å²) in [5, 5.41) is 0. The molecule has 2 aliphatic heterocycles. The number of ether oxygens (including phenoxy) is 2. The van der Waals surface area contributed by atoms with E-state index >= 15 is 0 Å². The van der Waals surface area contributed by atoms with Crippen molar-refractivity contribution in [2.24, 2.45) is 0 Å². The highest BCUT2D eigenvalue weighted by Gasteiger charge is 2.44. The molecule has 0 unspecified atom stereocenters. The summed E-state index contributed by atoms with van der Waals surface area (Å²) in [6.45, 7) is 0.503. The van der Waals surface area contributed by atoms with E-state index in [1.165, 1.54) is 12.4 Å². The molecule has 0 radical (unpaired) electrons. The fourth-order valence-electron chi connectivity index (χ4n) is 4.06. The summed E-state index contributed by atoms with van der Waals surface area (Å²) < 4.78 is 39.3. The number of nitrogens with zero attached hydrogens (tertiary/aromatic N) is 4. The lowest BCUT2D eigenvalue weighted by molar-refractivity contribution is 0.0635. The molecular weight excluding hydrogens is 464 g/mol. The Labute approximate surface area is 201 Å². The number of hydrogen-bond donors (Lipinski definition) is 0. The Bertz CT molecular complexity index is 1450. The van der Waals surface area contributed by atoms with E-state index in [0.717, 1.165) is 0 Å². The lowest BCUT2D eigenvalue weighted by Crippen LogP contribution is -2.14. The van der Waals surface area contributed by atoms with E-state index in [4.69, 9.17) is 9.47 Å². The zero-order valence-corrected chi connectivity index (χ0v) is 19.1. The van der Waals surface area contributed by atoms with Gasteiger partial charge in [-0.3, -0.25) is 19.9 Å². The highest BCUT2D eigenvalue weighted by atomic mass is 32.2. The van der Waals surface area contributed by atoms with Crippen molar-refractivity contribution in [1.29, 1.82) is 0 Å². The first-order valence-corrected chi connectivity index (χ1v) is 12.4. The molecule has 1 fully saturated rings. The number of rotatable bonds is 4. The highest BCUT2D eigenvalue weighted by Crippen LogP contribution is 2.48. The monoisotopic (exact) mass is 482 g/mol. The Kier molecular flexibility index (Phi) is 5.11. The molecule has 6 rings (SSSR count). The second-order valence-electron chi connectivity index (χ2n) is 7.81. The summed E-state index contributed by atoms with van der Waals surface area (Å²) in [7, 11) is -3.97. The van der Waals surface area contributed by atoms with E-state index in [9.17, 15) is 8.42 Å². The molecule has 4 aromatic rings. The molecule has 172 valence electrons. The van der Waals surface area contributed by atoms with Gasteiger partial charge in [0.2, 0.25) is 9.84 Å². The van der Waals surface area contributed by atoms with Crippen LogP contribution in [0.2, 0.25) is 0 Å². The van der Waals surface area contributed by atoms with Crippen LogP contribution in [0.4, 0.5) is 0 Å². The Balaban J connectivity index is 1.40. The van der Waals surface area contributed by atoms with Gasteiger partial charge in [-0.15, -0.1) is 0 Å². The molecule has 0 saturated carbocycles. The van der Waals surface area contributed by atoms with Crippen molar-refractivity contribution < 1.29 is 17.9 Å². The van der Waals surface area contributed by atoms with Crippen molar-refractivity contribution in [2.75, 3.05) is 13.2 Å². The average Bonchev–Trinajstić information content (AvgIpc) is 3.16. The fraction of sp³-hybridized carbons (Fsp3) is 0.0769. The maximum Gasteiger partial charge on any atom is 0.215 e. The second kappa shape index (κ2) is 8.44. The minimum Gasteiger partial charge on any atom is -0.485 e. The van der Waals surface area contributed by atoms with Crippen molar-refractivity contribution in [3.8, 4) is 22.8 Å². The largest absolute Gasteiger partial charge is 0.485 e. The summed E-state index contributed by atoms with van der Waals surface area (Å²) in [6.07, 6.45) is 6.40. The number of aromatic nitrogens is 4. The van der Waals surface area contributed by atoms with Crippen LogP contribution in [-0.2, 0) is 19.3 Å². The zero-order chi connectivity index (χ0) is 23.8. The summed E-state index contributed by atoms with van der Waals surface area (Å²) in [6, 6.07) is 18.0. The highest BCUT2D eigenvalue weighted by molar-refractivity contribution is 8.09. The molecule has 0 aliphatic carbocycles. The van der Waals surface area contributed by atoms with Gasteiger partial charge in [-0.25, -0.2) is 8.42 Å². The predicted molar refractivity (Wildman–Crippen MR) is 130 cm³/mol. The summed E-state index contributed by atoms with van der Waals surface area (Å²) in [5.41, 5.74) is 3.49. The molecule has 4 aromatic heterocycles. The van der Waals surface area contributed by atoms with Crippen LogP contribution in [0.25, 0.3) is 32.6 Å². The SMILES string of the molecule is O=S1(=O)C(c2ccc(-c3ccccn3)nc2)=C2OCCOC2=C1c1ccc(-c2ccccn2)nc1. The van der Waals surface area contributed by atoms with Gasteiger partial charge in [0.15, 0.2) is 11.5 Å². The molecule has 2 aliphatic rings. The zero-order valence-electron chi connectivity index (χ0n) is 18.3. The molecule has 0 atom stereocenters. The molecule has 8 nitrogen and oxygen atoms in total. The van der Waals surface area contributed by atoms with Gasteiger partial charge >= 0.3 is 0 Å². The normalized spacial score (nSPS) is 16.5. The van der Waals surface area contributed by atoms with E-state index in [1.807, 2.05) is 36.4 Å². The van der Waals surface area contributed by atoms with Crippen LogP contribution in [0, 0.1) is 0 Å². The number of fused-ring (bicyclic) bond motifs is 1. The smallest absolute Gasteiger partial charge is 0.215 e. The molecule has 0 bridgehead atoms. The van der Waals surface area contributed by atoms with Crippen LogP contribution >= 0.6 is 0 Å². The quantitative estimate of drug-likeness (QED) is 0.428. The van der Waals surface area contributed by atoms with E-state index < -0.39 is 9.84 Å². The Morgan fingerprint density at radius 2 is 1.03 bits per heavy atom. The van der Waals surface area contributed by atoms with E-state index in [0.29, 0.717) is 33.9 Å². The van der Waals surface area contributed by atoms with Gasteiger partial charge in [-0.05, 0) is 48.5 Å². The van der Waals surface area contributed by atoms with Gasteiger partial charge in [0.1, 0.15) is 23.0 Å². The lowest BCUT2D eigenvalue weighted by Gasteiger charge is -2.19. The van der Waals surface area contributed by atoms with Gasteiger partial charge in [-0.2, -0.15) is 0 Å². The first-order valence-electron chi connectivity index (χ1n) is 10.9. The van der Waals surface area contributed by atoms with E-state index in [2.05, 4.69) is 19.9 Å². The van der Waals surface area contributed by atoms with Crippen molar-refractivity contribution in [3.63, 3.8) is 0 Å². The van der Waals surface area contributed by atoms with Gasteiger partial charge in [-0.1, -0.05) is 12.1 Å². The molecule has 0 aromatic carbocycles. The Morgan fingerprint density at radius 1 is 0.571 bits per heavy atom. The molecule has 1 saturated heterocycles. The molecule has 6 heterocycles. The van der Waals surface area contributed by atoms with Crippen molar-refractivity contribution in [2.45, 2.75) is 0 Å². The predicted octanol–water partition coefficient (Wildman–Crippen LogP) is 4.11. The minimum atomic E-state index is -3.97. The number of hydrogen-bond acceptors (Lipinski definition) is 8. The van der Waals surface area contributed by atoms with Crippen molar-refractivity contribution in [1.82, 2.24) is 19.9 Å². The summed E-state index contributed by atoms with van der Waals surface area (Å²) >= 11 is 0. The molecule has 35 heavy (non-hydrogen) atoms. The maximum absolute atomic E-state index is 13.8. The van der Waals surface area contributed by atoms with E-state index in [-0.39, 0.29) is 34.5 Å². The van der Waals surface area contributed by atoms with Crippen LogP contribution in [-0.4, -0.2) is 41.6 Å². The second-order valence-corrected chi connectivity index (χ2v) is 9.63. The van der Waals surface area contributed by atoms with Gasteiger partial charge < -0.3 is 9.47 Å². The number of pyridine rings is 4. The number of sulfone groups is 1. The average molecular weight is 483 g/mol. The molecule has 0 amide bonds. The van der Waals surface area contributed by atoms with Crippen LogP contribution in [0.3, 0.4) is 0 Å².